The molecule has 0 spiro atoms. The fraction of sp³-hybridized carbons (Fsp3) is 0.516. The standard InChI is InChI=1S/C31H41N5O3/c37-30(33-13-17-34-14-3-4-15-34)19-26-11-16-36-23-27(26)9-6-18-39-29-10-2-1-8-28(29)22-35(24-31(36)38)21-25-7-5-12-32-20-25/h1-2,5-10,12,20,26-27H,3-4,11,13-19,21-24H2,(H,33,37)/b9-6-/t26-,27-/m0/s1. The lowest BCUT2D eigenvalue weighted by Gasteiger charge is -2.38. The summed E-state index contributed by atoms with van der Waals surface area (Å²) in [6, 6.07) is 12.0. The molecule has 2 atom stereocenters. The number of benzene rings is 1. The summed E-state index contributed by atoms with van der Waals surface area (Å²) >= 11 is 0. The van der Waals surface area contributed by atoms with E-state index in [4.69, 9.17) is 4.74 Å². The van der Waals surface area contributed by atoms with Gasteiger partial charge in [0.05, 0.1) is 6.54 Å². The number of carbonyl (C=O) groups is 2. The lowest BCUT2D eigenvalue weighted by molar-refractivity contribution is -0.135. The Morgan fingerprint density at radius 3 is 2.77 bits per heavy atom. The smallest absolute Gasteiger partial charge is 0.236 e. The molecule has 1 N–H and O–H groups in total. The van der Waals surface area contributed by atoms with Crippen LogP contribution in [0, 0.1) is 11.8 Å². The van der Waals surface area contributed by atoms with E-state index >= 15 is 0 Å². The minimum Gasteiger partial charge on any atom is -0.489 e. The van der Waals surface area contributed by atoms with Gasteiger partial charge >= 0.3 is 0 Å². The van der Waals surface area contributed by atoms with Crippen LogP contribution in [-0.4, -0.2) is 83.9 Å². The number of aromatic nitrogens is 1. The molecule has 8 heteroatoms. The van der Waals surface area contributed by atoms with E-state index in [0.717, 1.165) is 42.9 Å². The van der Waals surface area contributed by atoms with Crippen LogP contribution in [0.5, 0.6) is 5.75 Å². The van der Waals surface area contributed by atoms with Crippen LogP contribution in [-0.2, 0) is 22.7 Å². The largest absolute Gasteiger partial charge is 0.489 e. The van der Waals surface area contributed by atoms with Gasteiger partial charge < -0.3 is 19.9 Å². The van der Waals surface area contributed by atoms with E-state index in [0.29, 0.717) is 52.3 Å². The average molecular weight is 532 g/mol. The van der Waals surface area contributed by atoms with Gasteiger partial charge in [-0.3, -0.25) is 19.5 Å². The average Bonchev–Trinajstić information content (AvgIpc) is 3.46. The Kier molecular flexibility index (Phi) is 9.61. The lowest BCUT2D eigenvalue weighted by atomic mass is 9.82. The van der Waals surface area contributed by atoms with Gasteiger partial charge in [-0.2, -0.15) is 0 Å². The van der Waals surface area contributed by atoms with Gasteiger partial charge in [-0.1, -0.05) is 36.4 Å². The Bertz CT molecular complexity index is 1120. The number of nitrogens with one attached hydrogen (secondary N) is 1. The number of rotatable bonds is 7. The molecule has 0 saturated carbocycles. The first-order chi connectivity index (χ1) is 19.1. The second-order valence-electron chi connectivity index (χ2n) is 11.0. The van der Waals surface area contributed by atoms with Crippen LogP contribution in [0.3, 0.4) is 0 Å². The van der Waals surface area contributed by atoms with Gasteiger partial charge in [-0.15, -0.1) is 0 Å². The summed E-state index contributed by atoms with van der Waals surface area (Å²) in [5.74, 6) is 1.41. The van der Waals surface area contributed by atoms with Gasteiger partial charge in [0.15, 0.2) is 0 Å². The number of carbonyl (C=O) groups excluding carboxylic acids is 2. The second kappa shape index (κ2) is 13.7. The quantitative estimate of drug-likeness (QED) is 0.554. The molecule has 2 saturated heterocycles. The molecule has 1 aromatic heterocycles. The highest BCUT2D eigenvalue weighted by molar-refractivity contribution is 5.79. The van der Waals surface area contributed by atoms with Crippen LogP contribution in [0.4, 0.5) is 0 Å². The van der Waals surface area contributed by atoms with Crippen LogP contribution in [0.15, 0.2) is 60.9 Å². The molecule has 3 aliphatic heterocycles. The molecule has 0 aliphatic carbocycles. The Hall–Kier alpha value is -3.23. The van der Waals surface area contributed by atoms with Crippen LogP contribution >= 0.6 is 0 Å². The van der Waals surface area contributed by atoms with Crippen molar-refractivity contribution in [3.05, 3.63) is 72.1 Å². The van der Waals surface area contributed by atoms with E-state index in [1.54, 1.807) is 6.20 Å². The number of para-hydroxylation sites is 1. The van der Waals surface area contributed by atoms with Crippen LogP contribution in [0.2, 0.25) is 0 Å². The van der Waals surface area contributed by atoms with Crippen molar-refractivity contribution in [1.29, 1.82) is 0 Å². The number of pyridine rings is 1. The van der Waals surface area contributed by atoms with Crippen molar-refractivity contribution in [3.63, 3.8) is 0 Å². The zero-order chi connectivity index (χ0) is 26.9. The highest BCUT2D eigenvalue weighted by Gasteiger charge is 2.32. The summed E-state index contributed by atoms with van der Waals surface area (Å²) in [4.78, 5) is 37.2. The molecular weight excluding hydrogens is 490 g/mol. The van der Waals surface area contributed by atoms with Gasteiger partial charge in [-0.05, 0) is 61.9 Å². The van der Waals surface area contributed by atoms with E-state index in [-0.39, 0.29) is 23.7 Å². The first-order valence-corrected chi connectivity index (χ1v) is 14.4. The molecule has 0 unspecified atom stereocenters. The van der Waals surface area contributed by atoms with E-state index in [2.05, 4.69) is 38.3 Å². The fourth-order valence-electron chi connectivity index (χ4n) is 5.99. The lowest BCUT2D eigenvalue weighted by Crippen LogP contribution is -2.47. The Labute approximate surface area is 232 Å². The summed E-state index contributed by atoms with van der Waals surface area (Å²) in [5, 5.41) is 3.13. The summed E-state index contributed by atoms with van der Waals surface area (Å²) in [6.45, 7) is 7.25. The number of piperidine rings is 1. The third-order valence-electron chi connectivity index (χ3n) is 8.13. The minimum absolute atomic E-state index is 0.114. The maximum Gasteiger partial charge on any atom is 0.236 e. The summed E-state index contributed by atoms with van der Waals surface area (Å²) in [6.07, 6.45) is 11.7. The first kappa shape index (κ1) is 27.3. The first-order valence-electron chi connectivity index (χ1n) is 14.4. The maximum absolute atomic E-state index is 13.6. The molecule has 4 heterocycles. The van der Waals surface area contributed by atoms with Crippen molar-refractivity contribution < 1.29 is 14.3 Å². The van der Waals surface area contributed by atoms with Gasteiger partial charge in [-0.25, -0.2) is 0 Å². The molecule has 2 amide bonds. The van der Waals surface area contributed by atoms with E-state index in [1.165, 1.54) is 12.8 Å². The SMILES string of the molecule is O=C(C[C@@H]1CCN2C[C@@H]1/C=C\COc1ccccc1CN(Cc1cccnc1)CC2=O)NCCN1CCCC1. The van der Waals surface area contributed by atoms with Crippen molar-refractivity contribution in [1.82, 2.24) is 25.0 Å². The molecule has 208 valence electrons. The van der Waals surface area contributed by atoms with Crippen molar-refractivity contribution in [2.24, 2.45) is 11.8 Å². The van der Waals surface area contributed by atoms with Crippen LogP contribution in [0.1, 0.15) is 36.8 Å². The molecule has 3 aliphatic rings. The third-order valence-corrected chi connectivity index (χ3v) is 8.13. The highest BCUT2D eigenvalue weighted by atomic mass is 16.5. The molecule has 2 bridgehead atoms. The molecule has 2 fully saturated rings. The number of fused-ring (bicyclic) bond motifs is 3. The zero-order valence-electron chi connectivity index (χ0n) is 22.8. The second-order valence-corrected chi connectivity index (χ2v) is 11.0. The topological polar surface area (TPSA) is 78.0 Å². The molecule has 8 nitrogen and oxygen atoms in total. The summed E-state index contributed by atoms with van der Waals surface area (Å²) in [7, 11) is 0. The Morgan fingerprint density at radius 1 is 1.05 bits per heavy atom. The fourth-order valence-corrected chi connectivity index (χ4v) is 5.99. The van der Waals surface area contributed by atoms with Crippen molar-refractivity contribution in [3.8, 4) is 5.75 Å². The van der Waals surface area contributed by atoms with Crippen LogP contribution < -0.4 is 10.1 Å². The van der Waals surface area contributed by atoms with E-state index in [1.807, 2.05) is 41.4 Å². The monoisotopic (exact) mass is 531 g/mol. The molecule has 1 aromatic carbocycles. The van der Waals surface area contributed by atoms with Gasteiger partial charge in [0.1, 0.15) is 12.4 Å². The van der Waals surface area contributed by atoms with Gasteiger partial charge in [0.2, 0.25) is 11.8 Å². The van der Waals surface area contributed by atoms with Crippen molar-refractivity contribution >= 4 is 11.8 Å². The van der Waals surface area contributed by atoms with Crippen molar-refractivity contribution in [2.45, 2.75) is 38.8 Å². The Balaban J connectivity index is 1.26. The number of likely N-dealkylation sites (tertiary alicyclic amines) is 1. The normalized spacial score (nSPS) is 23.6. The van der Waals surface area contributed by atoms with E-state index in [9.17, 15) is 9.59 Å². The number of hydrogen-bond donors (Lipinski definition) is 1. The van der Waals surface area contributed by atoms with Gasteiger partial charge in [0.25, 0.3) is 0 Å². The third kappa shape index (κ3) is 7.90. The zero-order valence-corrected chi connectivity index (χ0v) is 22.8. The minimum atomic E-state index is 0.114. The summed E-state index contributed by atoms with van der Waals surface area (Å²) in [5.41, 5.74) is 2.13. The predicted octanol–water partition coefficient (Wildman–Crippen LogP) is 3.10. The Morgan fingerprint density at radius 2 is 1.92 bits per heavy atom. The number of ether oxygens (including phenoxy) is 1. The number of nitrogens with zero attached hydrogens (tertiary/aromatic N) is 4. The van der Waals surface area contributed by atoms with Crippen LogP contribution in [0.25, 0.3) is 0 Å². The molecule has 0 radical (unpaired) electrons. The molecule has 5 rings (SSSR count). The molecular formula is C31H41N5O3. The number of hydrogen-bond acceptors (Lipinski definition) is 6. The highest BCUT2D eigenvalue weighted by Crippen LogP contribution is 2.29. The summed E-state index contributed by atoms with van der Waals surface area (Å²) < 4.78 is 6.17. The molecule has 2 aromatic rings. The molecule has 39 heavy (non-hydrogen) atoms. The predicted molar refractivity (Wildman–Crippen MR) is 151 cm³/mol. The van der Waals surface area contributed by atoms with Gasteiger partial charge in [0, 0.05) is 63.6 Å². The number of amides is 2. The van der Waals surface area contributed by atoms with E-state index < -0.39 is 0 Å². The van der Waals surface area contributed by atoms with Crippen molar-refractivity contribution in [2.75, 3.05) is 52.4 Å². The maximum atomic E-state index is 13.6.